The molecule has 2 aromatic rings. The molecule has 0 saturated heterocycles. The van der Waals surface area contributed by atoms with Crippen molar-refractivity contribution in [2.45, 2.75) is 6.92 Å². The molecular weight excluding hydrogens is 296 g/mol. The number of aliphatic carboxylic acids is 2. The van der Waals surface area contributed by atoms with E-state index in [-0.39, 0.29) is 5.88 Å². The smallest absolute Gasteiger partial charge is 0.318 e. The van der Waals surface area contributed by atoms with E-state index < -0.39 is 11.9 Å². The molecule has 7 heteroatoms. The molecule has 0 spiro atoms. The van der Waals surface area contributed by atoms with Gasteiger partial charge in [0.1, 0.15) is 5.88 Å². The predicted octanol–water partition coefficient (Wildman–Crippen LogP) is 2.56. The van der Waals surface area contributed by atoms with Gasteiger partial charge in [0.15, 0.2) is 0 Å². The van der Waals surface area contributed by atoms with Crippen LogP contribution in [0.3, 0.4) is 0 Å². The minimum Gasteiger partial charge on any atom is -0.481 e. The number of nitrogens with zero attached hydrogens (tertiary/aromatic N) is 2. The molecular formula is C14H17ClN2O4. The first-order chi connectivity index (χ1) is 10.0. The Morgan fingerprint density at radius 1 is 0.857 bits per heavy atom. The Morgan fingerprint density at radius 2 is 1.10 bits per heavy atom. The monoisotopic (exact) mass is 312 g/mol. The molecule has 0 radical (unpaired) electrons. The molecule has 0 saturated carbocycles. The Bertz CT molecular complexity index is 366. The van der Waals surface area contributed by atoms with E-state index in [1.165, 1.54) is 0 Å². The first-order valence-corrected chi connectivity index (χ1v) is 6.21. The third kappa shape index (κ3) is 31.8. The minimum atomic E-state index is -0.980. The minimum absolute atomic E-state index is 0.306. The summed E-state index contributed by atoms with van der Waals surface area (Å²) in [5.74, 6) is -2.12. The largest absolute Gasteiger partial charge is 0.481 e. The predicted molar refractivity (Wildman–Crippen MR) is 80.1 cm³/mol. The molecule has 2 heterocycles. The van der Waals surface area contributed by atoms with E-state index in [0.717, 1.165) is 6.92 Å². The lowest BCUT2D eigenvalue weighted by atomic mass is 10.5. The van der Waals surface area contributed by atoms with Gasteiger partial charge in [-0.2, -0.15) is 0 Å². The molecule has 0 atom stereocenters. The highest BCUT2D eigenvalue weighted by Crippen LogP contribution is 1.74. The van der Waals surface area contributed by atoms with Gasteiger partial charge in [0.05, 0.1) is 0 Å². The topological polar surface area (TPSA) is 100 Å². The van der Waals surface area contributed by atoms with Crippen LogP contribution in [0.4, 0.5) is 0 Å². The molecule has 6 nitrogen and oxygen atoms in total. The number of alkyl halides is 1. The standard InChI is InChI=1S/2C5H5N.C2H3ClO2.C2H4O2/c2*1-2-4-6-5-3-1;3-1-2(4)5;1-2(3)4/h2*1-5H;1H2,(H,4,5);1H3,(H,3,4). The first-order valence-electron chi connectivity index (χ1n) is 5.68. The maximum absolute atomic E-state index is 9.24. The van der Waals surface area contributed by atoms with Crippen LogP contribution in [0.1, 0.15) is 6.92 Å². The molecule has 0 aromatic carbocycles. The van der Waals surface area contributed by atoms with Gasteiger partial charge in [-0.3, -0.25) is 19.6 Å². The third-order valence-electron chi connectivity index (χ3n) is 1.25. The van der Waals surface area contributed by atoms with Crippen LogP contribution in [0.5, 0.6) is 0 Å². The Labute approximate surface area is 128 Å². The lowest BCUT2D eigenvalue weighted by Crippen LogP contribution is -1.92. The summed E-state index contributed by atoms with van der Waals surface area (Å²) >= 11 is 4.74. The van der Waals surface area contributed by atoms with Gasteiger partial charge in [-0.15, -0.1) is 11.6 Å². The van der Waals surface area contributed by atoms with Crippen molar-refractivity contribution in [2.75, 3.05) is 5.88 Å². The number of aromatic nitrogens is 2. The van der Waals surface area contributed by atoms with E-state index in [2.05, 4.69) is 9.97 Å². The molecule has 0 unspecified atom stereocenters. The number of carboxylic acid groups (broad SMARTS) is 2. The molecule has 0 bridgehead atoms. The van der Waals surface area contributed by atoms with E-state index in [0.29, 0.717) is 0 Å². The summed E-state index contributed by atoms with van der Waals surface area (Å²) in [7, 11) is 0. The van der Waals surface area contributed by atoms with Crippen LogP contribution in [-0.2, 0) is 9.59 Å². The molecule has 0 amide bonds. The zero-order valence-corrected chi connectivity index (χ0v) is 12.2. The van der Waals surface area contributed by atoms with Crippen LogP contribution in [0, 0.1) is 0 Å². The number of hydrogen-bond acceptors (Lipinski definition) is 4. The summed E-state index contributed by atoms with van der Waals surface area (Å²) in [6.07, 6.45) is 7.00. The molecule has 0 aliphatic rings. The van der Waals surface area contributed by atoms with Gasteiger partial charge in [-0.25, -0.2) is 0 Å². The van der Waals surface area contributed by atoms with E-state index in [4.69, 9.17) is 26.6 Å². The maximum atomic E-state index is 9.24. The van der Waals surface area contributed by atoms with Gasteiger partial charge in [0, 0.05) is 31.7 Å². The van der Waals surface area contributed by atoms with Gasteiger partial charge in [0.25, 0.3) is 5.97 Å². The molecule has 0 fully saturated rings. The van der Waals surface area contributed by atoms with Crippen LogP contribution in [-0.4, -0.2) is 38.0 Å². The highest BCUT2D eigenvalue weighted by atomic mass is 35.5. The SMILES string of the molecule is CC(=O)O.O=C(O)CCl.c1ccncc1.c1ccncc1. The summed E-state index contributed by atoms with van der Waals surface area (Å²) in [5, 5.41) is 15.0. The molecule has 0 aliphatic heterocycles. The van der Waals surface area contributed by atoms with Crippen LogP contribution in [0.15, 0.2) is 61.2 Å². The lowest BCUT2D eigenvalue weighted by Gasteiger charge is -1.70. The normalized spacial score (nSPS) is 7.52. The average molecular weight is 313 g/mol. The molecule has 21 heavy (non-hydrogen) atoms. The van der Waals surface area contributed by atoms with Gasteiger partial charge < -0.3 is 10.2 Å². The van der Waals surface area contributed by atoms with Crippen molar-refractivity contribution in [3.63, 3.8) is 0 Å². The van der Waals surface area contributed by atoms with Gasteiger partial charge in [-0.05, 0) is 24.3 Å². The molecule has 2 aromatic heterocycles. The van der Waals surface area contributed by atoms with Crippen molar-refractivity contribution in [2.24, 2.45) is 0 Å². The van der Waals surface area contributed by atoms with E-state index in [9.17, 15) is 4.79 Å². The fourth-order valence-corrected chi connectivity index (χ4v) is 0.625. The maximum Gasteiger partial charge on any atom is 0.318 e. The lowest BCUT2D eigenvalue weighted by molar-refractivity contribution is -0.135. The van der Waals surface area contributed by atoms with Gasteiger partial charge in [-0.1, -0.05) is 12.1 Å². The summed E-state index contributed by atoms with van der Waals surface area (Å²) in [6, 6.07) is 11.4. The molecule has 2 N–H and O–H groups in total. The molecule has 2 rings (SSSR count). The van der Waals surface area contributed by atoms with Crippen molar-refractivity contribution in [3.05, 3.63) is 61.2 Å². The summed E-state index contributed by atoms with van der Waals surface area (Å²) < 4.78 is 0. The van der Waals surface area contributed by atoms with Crippen LogP contribution in [0.25, 0.3) is 0 Å². The van der Waals surface area contributed by atoms with Crippen LogP contribution >= 0.6 is 11.6 Å². The second-order valence-corrected chi connectivity index (χ2v) is 3.36. The Hall–Kier alpha value is -2.47. The van der Waals surface area contributed by atoms with E-state index >= 15 is 0 Å². The Kier molecular flexibility index (Phi) is 17.4. The quantitative estimate of drug-likeness (QED) is 0.785. The van der Waals surface area contributed by atoms with Crippen molar-refractivity contribution < 1.29 is 19.8 Å². The fraction of sp³-hybridized carbons (Fsp3) is 0.143. The zero-order valence-electron chi connectivity index (χ0n) is 11.5. The van der Waals surface area contributed by atoms with Crippen LogP contribution < -0.4 is 0 Å². The fourth-order valence-electron chi connectivity index (χ4n) is 0.625. The number of pyridine rings is 2. The Balaban J connectivity index is 0. The zero-order chi connectivity index (χ0) is 16.3. The van der Waals surface area contributed by atoms with Crippen molar-refractivity contribution in [1.82, 2.24) is 9.97 Å². The second kappa shape index (κ2) is 17.5. The van der Waals surface area contributed by atoms with E-state index in [1.807, 2.05) is 36.4 Å². The van der Waals surface area contributed by atoms with Gasteiger partial charge >= 0.3 is 5.97 Å². The van der Waals surface area contributed by atoms with E-state index in [1.54, 1.807) is 24.8 Å². The van der Waals surface area contributed by atoms with Gasteiger partial charge in [0.2, 0.25) is 0 Å². The average Bonchev–Trinajstić information content (AvgIpc) is 2.51. The van der Waals surface area contributed by atoms with Crippen LogP contribution in [0.2, 0.25) is 0 Å². The summed E-state index contributed by atoms with van der Waals surface area (Å²) in [6.45, 7) is 1.08. The number of carbonyl (C=O) groups is 2. The van der Waals surface area contributed by atoms with Crippen molar-refractivity contribution in [1.29, 1.82) is 0 Å². The van der Waals surface area contributed by atoms with Crippen molar-refractivity contribution in [3.8, 4) is 0 Å². The third-order valence-corrected chi connectivity index (χ3v) is 1.48. The number of carboxylic acids is 2. The number of hydrogen-bond donors (Lipinski definition) is 2. The first kappa shape index (κ1) is 20.8. The summed E-state index contributed by atoms with van der Waals surface area (Å²) in [5.41, 5.74) is 0. The number of rotatable bonds is 1. The molecule has 114 valence electrons. The second-order valence-electron chi connectivity index (χ2n) is 3.10. The Morgan fingerprint density at radius 3 is 1.14 bits per heavy atom. The highest BCUT2D eigenvalue weighted by molar-refractivity contribution is 6.26. The highest BCUT2D eigenvalue weighted by Gasteiger charge is 1.83. The summed E-state index contributed by atoms with van der Waals surface area (Å²) in [4.78, 5) is 25.8. The van der Waals surface area contributed by atoms with Crippen molar-refractivity contribution >= 4 is 23.5 Å². The molecule has 0 aliphatic carbocycles. The number of halogens is 1.